The Hall–Kier alpha value is -5.48. The zero-order valence-electron chi connectivity index (χ0n) is 51.3. The van der Waals surface area contributed by atoms with Gasteiger partial charge in [-0.2, -0.15) is 0 Å². The summed E-state index contributed by atoms with van der Waals surface area (Å²) in [5, 5.41) is 2.55. The van der Waals surface area contributed by atoms with Crippen LogP contribution in [-0.4, -0.2) is 6.71 Å². The summed E-state index contributed by atoms with van der Waals surface area (Å²) >= 11 is 0. The third kappa shape index (κ3) is 7.48. The lowest BCUT2D eigenvalue weighted by Crippen LogP contribution is -2.61. The molecule has 0 bridgehead atoms. The SMILES string of the molecule is CC(C)(C)c1cc2c3c(c1)N(c1ccc4c(c1)C(C)(C)CCC4(C)C)c1c(oc4c1C(C)(C)CCC4(C)C)B3c1cc3c(cc1N2c1cc2c(cc1-c1ccc4ccccc4c1)C(C)(C)CCC2(C)C)C(C)(C)CCC3(C)C. The largest absolute Gasteiger partial charge is 0.472 e. The van der Waals surface area contributed by atoms with E-state index in [-0.39, 0.29) is 55.4 Å². The monoisotopic (exact) mass is 1030 g/mol. The molecular weight excluding hydrogens is 944 g/mol. The molecule has 3 heterocycles. The maximum Gasteiger partial charge on any atom is 0.297 e. The molecule has 404 valence electrons. The van der Waals surface area contributed by atoms with Gasteiger partial charge in [0.2, 0.25) is 0 Å². The molecule has 7 aromatic rings. The van der Waals surface area contributed by atoms with Crippen LogP contribution in [0.4, 0.5) is 34.1 Å². The van der Waals surface area contributed by atoms with Gasteiger partial charge >= 0.3 is 0 Å². The van der Waals surface area contributed by atoms with Gasteiger partial charge in [0.15, 0.2) is 0 Å². The first-order chi connectivity index (χ1) is 36.2. The number of furan rings is 1. The molecule has 4 heteroatoms. The first kappa shape index (κ1) is 51.9. The minimum absolute atomic E-state index is 0.00121. The van der Waals surface area contributed by atoms with Crippen molar-refractivity contribution in [3.63, 3.8) is 0 Å². The fraction of sp³-hybridized carbons (Fsp3) is 0.486. The Morgan fingerprint density at radius 2 is 0.910 bits per heavy atom. The van der Waals surface area contributed by atoms with Crippen LogP contribution in [0, 0.1) is 0 Å². The van der Waals surface area contributed by atoms with Gasteiger partial charge in [-0.05, 0) is 209 Å². The Bertz CT molecular complexity index is 3710. The molecule has 0 saturated heterocycles. The first-order valence-corrected chi connectivity index (χ1v) is 30.2. The van der Waals surface area contributed by atoms with E-state index in [2.05, 4.69) is 238 Å². The Balaban J connectivity index is 1.22. The Morgan fingerprint density at radius 1 is 0.423 bits per heavy atom. The summed E-state index contributed by atoms with van der Waals surface area (Å²) in [6.07, 6.45) is 9.15. The van der Waals surface area contributed by atoms with Crippen LogP contribution >= 0.6 is 0 Å². The molecule has 0 N–H and O–H groups in total. The minimum Gasteiger partial charge on any atom is -0.472 e. The molecule has 0 atom stereocenters. The molecule has 0 unspecified atom stereocenters. The van der Waals surface area contributed by atoms with Crippen molar-refractivity contribution in [2.45, 2.75) is 232 Å². The van der Waals surface area contributed by atoms with E-state index < -0.39 is 0 Å². The molecule has 13 rings (SSSR count). The summed E-state index contributed by atoms with van der Waals surface area (Å²) in [6, 6.07) is 39.8. The van der Waals surface area contributed by atoms with E-state index in [0.717, 1.165) is 44.2 Å². The number of benzene rings is 6. The third-order valence-electron chi connectivity index (χ3n) is 21.8. The third-order valence-corrected chi connectivity index (χ3v) is 21.8. The number of hydrogen-bond donors (Lipinski definition) is 0. The highest BCUT2D eigenvalue weighted by atomic mass is 16.3. The first-order valence-electron chi connectivity index (χ1n) is 30.2. The molecule has 0 radical (unpaired) electrons. The van der Waals surface area contributed by atoms with Crippen molar-refractivity contribution in [1.82, 2.24) is 0 Å². The van der Waals surface area contributed by atoms with E-state index in [1.165, 1.54) is 130 Å². The van der Waals surface area contributed by atoms with Gasteiger partial charge in [-0.25, -0.2) is 0 Å². The molecule has 3 nitrogen and oxygen atoms in total. The maximum absolute atomic E-state index is 8.00. The van der Waals surface area contributed by atoms with Gasteiger partial charge in [0.25, 0.3) is 6.71 Å². The summed E-state index contributed by atoms with van der Waals surface area (Å²) in [5.74, 6) is 1.18. The quantitative estimate of drug-likeness (QED) is 0.164. The molecule has 78 heavy (non-hydrogen) atoms. The van der Waals surface area contributed by atoms with Crippen molar-refractivity contribution >= 4 is 68.2 Å². The van der Waals surface area contributed by atoms with Gasteiger partial charge in [0.05, 0.1) is 17.0 Å². The summed E-state index contributed by atoms with van der Waals surface area (Å²) < 4.78 is 8.00. The van der Waals surface area contributed by atoms with E-state index in [0.29, 0.717) is 0 Å². The lowest BCUT2D eigenvalue weighted by Gasteiger charge is -2.48. The molecule has 6 aliphatic rings. The van der Waals surface area contributed by atoms with Crippen molar-refractivity contribution in [3.8, 4) is 11.1 Å². The highest BCUT2D eigenvalue weighted by molar-refractivity contribution is 6.99. The van der Waals surface area contributed by atoms with Gasteiger partial charge in [-0.1, -0.05) is 180 Å². The summed E-state index contributed by atoms with van der Waals surface area (Å²) in [7, 11) is 0. The van der Waals surface area contributed by atoms with Crippen molar-refractivity contribution < 1.29 is 4.42 Å². The molecule has 0 fully saturated rings. The van der Waals surface area contributed by atoms with Crippen LogP contribution in [0.25, 0.3) is 21.9 Å². The fourth-order valence-corrected chi connectivity index (χ4v) is 15.9. The average Bonchev–Trinajstić information content (AvgIpc) is 3.92. The Labute approximate surface area is 470 Å². The van der Waals surface area contributed by atoms with Gasteiger partial charge in [0, 0.05) is 39.3 Å². The second-order valence-electron chi connectivity index (χ2n) is 32.0. The van der Waals surface area contributed by atoms with Crippen molar-refractivity contribution in [2.75, 3.05) is 9.80 Å². The second kappa shape index (κ2) is 16.1. The van der Waals surface area contributed by atoms with Crippen LogP contribution in [0.3, 0.4) is 0 Å². The minimum atomic E-state index is -0.164. The van der Waals surface area contributed by atoms with Crippen molar-refractivity contribution in [2.24, 2.45) is 0 Å². The van der Waals surface area contributed by atoms with E-state index in [4.69, 9.17) is 4.42 Å². The smallest absolute Gasteiger partial charge is 0.297 e. The Morgan fingerprint density at radius 3 is 1.50 bits per heavy atom. The zero-order chi connectivity index (χ0) is 55.6. The van der Waals surface area contributed by atoms with Crippen LogP contribution in [0.1, 0.15) is 233 Å². The lowest BCUT2D eigenvalue weighted by molar-refractivity contribution is 0.282. The molecule has 6 aromatic carbocycles. The molecule has 0 amide bonds. The van der Waals surface area contributed by atoms with Crippen molar-refractivity contribution in [1.29, 1.82) is 0 Å². The van der Waals surface area contributed by atoms with Gasteiger partial charge in [-0.15, -0.1) is 0 Å². The van der Waals surface area contributed by atoms with Crippen LogP contribution in [0.5, 0.6) is 0 Å². The number of anilines is 6. The van der Waals surface area contributed by atoms with Gasteiger partial charge < -0.3 is 14.2 Å². The molecule has 1 aromatic heterocycles. The van der Waals surface area contributed by atoms with Crippen molar-refractivity contribution in [3.05, 3.63) is 147 Å². The van der Waals surface area contributed by atoms with E-state index >= 15 is 0 Å². The highest BCUT2D eigenvalue weighted by Gasteiger charge is 2.54. The van der Waals surface area contributed by atoms with E-state index in [9.17, 15) is 0 Å². The predicted molar refractivity (Wildman–Crippen MR) is 336 cm³/mol. The molecular formula is C74H89BN2O. The average molecular weight is 1030 g/mol. The summed E-state index contributed by atoms with van der Waals surface area (Å²) in [4.78, 5) is 5.56. The standard InChI is InChI=1S/C74H89BN2O/c1-66(2,3)47-37-59-62-60(38-47)77(57-42-54-52(69(8,9)30-32-71(54,12)13)40-49(57)46-25-24-44-22-20-21-23-45(44)36-46)58-43-55-53(70(10,11)31-33-72(55,14)15)41-56(58)75(62)65-63(61-64(78-65)74(18,19)35-34-73(61,16)17)76(59)48-26-27-50-51(39-48)68(6,7)29-28-67(50,4)5/h20-27,36-43H,28-35H2,1-19H3. The molecule has 0 spiro atoms. The van der Waals surface area contributed by atoms with Crippen LogP contribution < -0.4 is 26.4 Å². The van der Waals surface area contributed by atoms with E-state index in [1.807, 2.05) is 0 Å². The summed E-state index contributed by atoms with van der Waals surface area (Å²) in [5.41, 5.74) is 25.5. The van der Waals surface area contributed by atoms with Gasteiger partial charge in [-0.3, -0.25) is 0 Å². The zero-order valence-corrected chi connectivity index (χ0v) is 51.3. The Kier molecular flexibility index (Phi) is 10.7. The molecule has 4 aliphatic carbocycles. The van der Waals surface area contributed by atoms with E-state index in [1.54, 1.807) is 0 Å². The summed E-state index contributed by atoms with van der Waals surface area (Å²) in [6.45, 7) is 47.0. The number of nitrogens with zero attached hydrogens (tertiary/aromatic N) is 2. The molecule has 2 aliphatic heterocycles. The lowest BCUT2D eigenvalue weighted by atomic mass is 9.34. The number of fused-ring (bicyclic) bond motifs is 10. The fourth-order valence-electron chi connectivity index (χ4n) is 15.9. The van der Waals surface area contributed by atoms with Crippen LogP contribution in [-0.2, 0) is 48.7 Å². The van der Waals surface area contributed by atoms with Gasteiger partial charge in [0.1, 0.15) is 5.76 Å². The second-order valence-corrected chi connectivity index (χ2v) is 32.0. The highest BCUT2D eigenvalue weighted by Crippen LogP contribution is 2.59. The number of hydrogen-bond acceptors (Lipinski definition) is 3. The normalized spacial score (nSPS) is 21.9. The maximum atomic E-state index is 8.00. The van der Waals surface area contributed by atoms with Crippen LogP contribution in [0.15, 0.2) is 101 Å². The predicted octanol–water partition coefficient (Wildman–Crippen LogP) is 18.9. The molecule has 0 saturated carbocycles. The van der Waals surface area contributed by atoms with Crippen LogP contribution in [0.2, 0.25) is 0 Å². The topological polar surface area (TPSA) is 19.6 Å². The number of rotatable bonds is 3.